The minimum Gasteiger partial charge on any atom is -0.309 e. The number of hydrogen-bond acceptors (Lipinski definition) is 0. The van der Waals surface area contributed by atoms with E-state index in [0.717, 1.165) is 5.56 Å². The molecule has 105 heavy (non-hydrogen) atoms. The van der Waals surface area contributed by atoms with Gasteiger partial charge in [0.05, 0.1) is 35.7 Å². The van der Waals surface area contributed by atoms with Crippen molar-refractivity contribution in [3.63, 3.8) is 0 Å². The van der Waals surface area contributed by atoms with Gasteiger partial charge in [0.2, 0.25) is 0 Å². The number of benzene rings is 13. The van der Waals surface area contributed by atoms with Crippen LogP contribution in [0.1, 0.15) is 194 Å². The molecular weight excluding hydrogens is 1260 g/mol. The molecule has 0 bridgehead atoms. The van der Waals surface area contributed by atoms with Crippen LogP contribution in [0.2, 0.25) is 0 Å². The van der Waals surface area contributed by atoms with E-state index in [1.807, 2.05) is 86.6 Å². The summed E-state index contributed by atoms with van der Waals surface area (Å²) in [6, 6.07) is 73.1. The van der Waals surface area contributed by atoms with Gasteiger partial charge in [-0.25, -0.2) is 0 Å². The zero-order valence-electron chi connectivity index (χ0n) is 83.3. The highest BCUT2D eigenvalue weighted by Gasteiger charge is 2.26. The van der Waals surface area contributed by atoms with E-state index in [9.17, 15) is 0 Å². The van der Waals surface area contributed by atoms with Crippen molar-refractivity contribution in [1.82, 2.24) is 4.57 Å². The van der Waals surface area contributed by atoms with Crippen LogP contribution in [0.3, 0.4) is 0 Å². The van der Waals surface area contributed by atoms with Crippen LogP contribution in [0.5, 0.6) is 0 Å². The average molecular weight is 1400 g/mol. The first-order chi connectivity index (χ1) is 57.3. The molecule has 0 spiro atoms. The number of fused-ring (bicyclic) bond motifs is 3. The Kier molecular flexibility index (Phi) is 18.7. The maximum absolute atomic E-state index is 8.52. The summed E-state index contributed by atoms with van der Waals surface area (Å²) < 4.78 is 147. The third-order valence-electron chi connectivity index (χ3n) is 17.9. The third kappa shape index (κ3) is 20.8. The molecule has 0 fully saturated rings. The Morgan fingerprint density at radius 3 is 0.990 bits per heavy atom. The third-order valence-corrected chi connectivity index (χ3v) is 17.9. The van der Waals surface area contributed by atoms with E-state index < -0.39 is 23.5 Å². The lowest BCUT2D eigenvalue weighted by atomic mass is 9.77. The Balaban J connectivity index is 0.000000172. The molecule has 1 heterocycles. The summed E-state index contributed by atoms with van der Waals surface area (Å²) in [7, 11) is 0. The van der Waals surface area contributed by atoms with E-state index in [1.54, 1.807) is 25.1 Å². The Hall–Kier alpha value is -10.3. The summed E-state index contributed by atoms with van der Waals surface area (Å²) in [6.45, 7) is 41.4. The van der Waals surface area contributed by atoms with Gasteiger partial charge in [0, 0.05) is 16.5 Å². The molecule has 14 aromatic rings. The zero-order valence-corrected chi connectivity index (χ0v) is 65.3. The number of rotatable bonds is 6. The number of para-hydroxylation sites is 3. The second-order valence-corrected chi connectivity index (χ2v) is 32.5. The molecule has 0 saturated carbocycles. The number of aromatic nitrogens is 1. The highest BCUT2D eigenvalue weighted by atomic mass is 15.0. The maximum Gasteiger partial charge on any atom is 0.0629 e. The first-order valence-corrected chi connectivity index (χ1v) is 36.2. The van der Waals surface area contributed by atoms with Crippen molar-refractivity contribution < 1.29 is 24.7 Å². The Labute approximate surface area is 658 Å². The molecular formula is C104H115N. The van der Waals surface area contributed by atoms with Gasteiger partial charge in [0.25, 0.3) is 0 Å². The summed E-state index contributed by atoms with van der Waals surface area (Å²) in [5, 5.41) is 2.62. The summed E-state index contributed by atoms with van der Waals surface area (Å²) in [4.78, 5) is 0. The highest BCUT2D eigenvalue weighted by Crippen LogP contribution is 2.43. The van der Waals surface area contributed by atoms with Crippen LogP contribution in [0.25, 0.3) is 83.1 Å². The Bertz CT molecular complexity index is 5850. The van der Waals surface area contributed by atoms with E-state index in [2.05, 4.69) is 249 Å². The topological polar surface area (TPSA) is 4.93 Å². The van der Waals surface area contributed by atoms with Crippen LogP contribution in [-0.2, 0) is 32.5 Å². The molecule has 14 rings (SSSR count). The van der Waals surface area contributed by atoms with Crippen molar-refractivity contribution in [3.05, 3.63) is 378 Å². The van der Waals surface area contributed by atoms with Gasteiger partial charge in [-0.1, -0.05) is 445 Å². The molecule has 0 aliphatic carbocycles. The van der Waals surface area contributed by atoms with Crippen LogP contribution in [-0.4, -0.2) is 4.57 Å². The molecule has 1 aromatic heterocycles. The fourth-order valence-corrected chi connectivity index (χ4v) is 13.0. The predicted molar refractivity (Wildman–Crippen MR) is 462 cm³/mol. The molecule has 0 radical (unpaired) electrons. The van der Waals surface area contributed by atoms with Gasteiger partial charge in [-0.05, 0) is 159 Å². The first kappa shape index (κ1) is 57.0. The van der Waals surface area contributed by atoms with Crippen molar-refractivity contribution in [2.24, 2.45) is 0 Å². The molecule has 0 saturated heterocycles. The molecule has 0 amide bonds. The Morgan fingerprint density at radius 2 is 0.571 bits per heavy atom. The lowest BCUT2D eigenvalue weighted by Gasteiger charge is -2.27. The predicted octanol–water partition coefficient (Wildman–Crippen LogP) is 30.0. The minimum atomic E-state index is -0.608. The number of nitrogens with zero attached hydrogens (tertiary/aromatic N) is 1. The second kappa shape index (κ2) is 34.5. The Morgan fingerprint density at radius 1 is 0.238 bits per heavy atom. The quantitative estimate of drug-likeness (QED) is 0.156. The van der Waals surface area contributed by atoms with Crippen molar-refractivity contribution in [2.45, 2.75) is 171 Å². The van der Waals surface area contributed by atoms with Crippen LogP contribution in [0, 0.1) is 13.8 Å². The van der Waals surface area contributed by atoms with Crippen molar-refractivity contribution >= 4 is 21.8 Å². The smallest absolute Gasteiger partial charge is 0.0629 e. The fraction of sp³-hybridized carbons (Fsp3) is 0.250. The van der Waals surface area contributed by atoms with Gasteiger partial charge >= 0.3 is 0 Å². The van der Waals surface area contributed by atoms with E-state index in [4.69, 9.17) is 24.7 Å². The van der Waals surface area contributed by atoms with E-state index in [1.165, 1.54) is 73.4 Å². The largest absolute Gasteiger partial charge is 0.309 e. The normalized spacial score (nSPS) is 14.0. The van der Waals surface area contributed by atoms with Gasteiger partial charge < -0.3 is 4.57 Å². The molecule has 0 aliphatic rings. The van der Waals surface area contributed by atoms with E-state index >= 15 is 0 Å². The second-order valence-electron chi connectivity index (χ2n) is 32.5. The van der Waals surface area contributed by atoms with Crippen LogP contribution in [0.4, 0.5) is 0 Å². The van der Waals surface area contributed by atoms with Gasteiger partial charge in [0.15, 0.2) is 0 Å². The van der Waals surface area contributed by atoms with Crippen LogP contribution < -0.4 is 0 Å². The van der Waals surface area contributed by atoms with Gasteiger partial charge in [-0.15, -0.1) is 0 Å². The van der Waals surface area contributed by atoms with Crippen LogP contribution in [0.15, 0.2) is 333 Å². The van der Waals surface area contributed by atoms with Crippen molar-refractivity contribution in [2.75, 3.05) is 0 Å². The molecule has 1 heteroatoms. The summed E-state index contributed by atoms with van der Waals surface area (Å²) in [5.41, 5.74) is 17.8. The molecule has 1 nitrogen and oxygen atoms in total. The van der Waals surface area contributed by atoms with Crippen molar-refractivity contribution in [1.29, 1.82) is 0 Å². The molecule has 13 aromatic carbocycles. The summed E-state index contributed by atoms with van der Waals surface area (Å²) >= 11 is 0. The molecule has 0 N–H and O–H groups in total. The van der Waals surface area contributed by atoms with E-state index in [-0.39, 0.29) is 135 Å². The fourth-order valence-electron chi connectivity index (χ4n) is 13.0. The lowest BCUT2D eigenvalue weighted by molar-refractivity contribution is 0.586. The lowest BCUT2D eigenvalue weighted by Crippen LogP contribution is -2.15. The molecule has 0 unspecified atom stereocenters. The molecule has 536 valence electrons. The SMILES string of the molecule is CC(C)(C)c1c(-c2ccccc2)cccc1-c1ccccc1.CC(C)(C)c1ccccc1.CC(C)(C)c1ccccc1-n1c2ccccc2c2ccccc21.[2H]c1c([2H])c([2H])c(-c2cccc(-c3c([2H])c([2H])c(C)c([2H])c3[2H])c2C(C)(C)C)c([2H])c1[2H].[2H]c1c([2H])c([2H])c(-c2ccccc2C(C)(C)C)c([2H])c1[2H].[2H]c1c([2H])c([2H])c(C(C)(C)C)c(C)c1[2H]. The molecule has 0 atom stereocenters. The van der Waals surface area contributed by atoms with Gasteiger partial charge in [-0.2, -0.15) is 0 Å². The van der Waals surface area contributed by atoms with Crippen molar-refractivity contribution in [3.8, 4) is 61.3 Å². The van der Waals surface area contributed by atoms with Gasteiger partial charge in [0.1, 0.15) is 0 Å². The monoisotopic (exact) mass is 1400 g/mol. The highest BCUT2D eigenvalue weighted by molar-refractivity contribution is 6.09. The molecule has 0 aliphatic heterocycles. The van der Waals surface area contributed by atoms with Gasteiger partial charge in [-0.3, -0.25) is 0 Å². The van der Waals surface area contributed by atoms with E-state index in [0.29, 0.717) is 38.8 Å². The number of hydrogen-bond donors (Lipinski definition) is 0. The maximum atomic E-state index is 8.52. The summed E-state index contributed by atoms with van der Waals surface area (Å²) in [5.74, 6) is 0. The van der Waals surface area contributed by atoms with Crippen LogP contribution >= 0.6 is 0 Å². The summed E-state index contributed by atoms with van der Waals surface area (Å²) in [6.07, 6.45) is 0. The first-order valence-electron chi connectivity index (χ1n) is 45.2. The standard InChI is InChI=1S/C23H24.C22H21N.C22H22.C16H18.C11H16.C10H14/c1-17-13-15-19(16-14-17)21-12-8-11-20(22(21)23(2,3)4)18-9-6-5-7-10-18;1-22(2,3)18-12-6-9-15-21(18)23-19-13-7-4-10-16(19)17-11-5-8-14-20(17)23;1-22(2,3)21-19(17-11-6-4-7-12-17)15-10-16-20(21)18-13-8-5-9-14-18;1-16(2,3)15-12-8-7-11-14(15)13-9-5-4-6-10-13;1-9-7-5-6-8-10(9)11(2,3)4;1-10(2,3)9-7-5-4-6-8-9/h5-16H,1-4H3;4-15H,1-3H3;4-16H,1-3H3;4-12H,1-3H3;5-8H,1-4H3;4-8H,1-3H3/i5D,6D,7D,9D,10D,13D,14D,15D,16D;;;4D,5D,6D,9D,10D;5D,6D,7D,8D;. The minimum absolute atomic E-state index is 0.0464. The average Bonchev–Trinajstić information content (AvgIpc) is 1.73. The zero-order chi connectivity index (χ0) is 91.4.